The molecule has 2 aromatic rings. The number of carbonyl (C=O) groups is 2. The average molecular weight is 564 g/mol. The molecule has 1 aromatic carbocycles. The molecule has 208 valence electrons. The summed E-state index contributed by atoms with van der Waals surface area (Å²) in [4.78, 5) is 30.6. The van der Waals surface area contributed by atoms with Crippen molar-refractivity contribution in [3.63, 3.8) is 0 Å². The topological polar surface area (TPSA) is 126 Å². The third kappa shape index (κ3) is 7.19. The Morgan fingerprint density at radius 1 is 1.13 bits per heavy atom. The lowest BCUT2D eigenvalue weighted by Crippen LogP contribution is -2.35. The summed E-state index contributed by atoms with van der Waals surface area (Å²) in [5.41, 5.74) is 1.86. The van der Waals surface area contributed by atoms with E-state index in [0.717, 1.165) is 54.1 Å². The number of aromatic nitrogens is 1. The maximum absolute atomic E-state index is 13.5. The van der Waals surface area contributed by atoms with Crippen molar-refractivity contribution in [3.05, 3.63) is 40.4 Å². The third-order valence-electron chi connectivity index (χ3n) is 7.48. The van der Waals surface area contributed by atoms with Crippen molar-refractivity contribution in [2.75, 3.05) is 32.1 Å². The first kappa shape index (κ1) is 28.7. The number of hydrogen-bond donors (Lipinski definition) is 2. The Bertz CT molecular complexity index is 1180. The van der Waals surface area contributed by atoms with Gasteiger partial charge in [0.1, 0.15) is 0 Å². The molecule has 9 nitrogen and oxygen atoms in total. The van der Waals surface area contributed by atoms with Crippen molar-refractivity contribution in [3.8, 4) is 0 Å². The number of carboxylic acid groups (broad SMARTS) is 1. The fraction of sp³-hybridized carbons (Fsp3) is 0.593. The maximum Gasteiger partial charge on any atom is 0.304 e. The van der Waals surface area contributed by atoms with Crippen LogP contribution in [0.25, 0.3) is 0 Å². The Hall–Kier alpha value is -2.34. The molecule has 1 amide bonds. The molecule has 2 aliphatic rings. The highest BCUT2D eigenvalue weighted by Crippen LogP contribution is 2.36. The van der Waals surface area contributed by atoms with Gasteiger partial charge < -0.3 is 15.2 Å². The van der Waals surface area contributed by atoms with Gasteiger partial charge in [-0.15, -0.1) is 11.3 Å². The Morgan fingerprint density at radius 2 is 1.84 bits per heavy atom. The van der Waals surface area contributed by atoms with Crippen LogP contribution >= 0.6 is 11.3 Å². The van der Waals surface area contributed by atoms with Crippen molar-refractivity contribution < 1.29 is 27.9 Å². The quantitative estimate of drug-likeness (QED) is 0.369. The number of ether oxygens (including phenoxy) is 1. The number of aliphatic carboxylic acids is 1. The average Bonchev–Trinajstić information content (AvgIpc) is 3.56. The number of benzene rings is 1. The van der Waals surface area contributed by atoms with Crippen molar-refractivity contribution >= 4 is 38.4 Å². The summed E-state index contributed by atoms with van der Waals surface area (Å²) < 4.78 is 32.7. The molecule has 2 N–H and O–H groups in total. The van der Waals surface area contributed by atoms with Gasteiger partial charge in [0.25, 0.3) is 0 Å². The first-order valence-electron chi connectivity index (χ1n) is 13.4. The number of nitrogens with one attached hydrogen (secondary N) is 1. The number of thiazole rings is 1. The second-order valence-corrected chi connectivity index (χ2v) is 13.2. The Labute approximate surface area is 228 Å². The van der Waals surface area contributed by atoms with Crippen LogP contribution in [0.5, 0.6) is 0 Å². The van der Waals surface area contributed by atoms with Gasteiger partial charge in [-0.1, -0.05) is 37.8 Å². The molecule has 4 rings (SSSR count). The number of nitrogens with zero attached hydrogens (tertiary/aromatic N) is 2. The summed E-state index contributed by atoms with van der Waals surface area (Å²) in [5, 5.41) is 12.8. The summed E-state index contributed by atoms with van der Waals surface area (Å²) in [6, 6.07) is 6.46. The fourth-order valence-electron chi connectivity index (χ4n) is 5.36. The van der Waals surface area contributed by atoms with E-state index in [-0.39, 0.29) is 36.9 Å². The number of anilines is 1. The van der Waals surface area contributed by atoms with Crippen molar-refractivity contribution in [1.29, 1.82) is 0 Å². The normalized spacial score (nSPS) is 16.9. The number of carboxylic acids is 1. The zero-order valence-electron chi connectivity index (χ0n) is 21.9. The summed E-state index contributed by atoms with van der Waals surface area (Å²) >= 11 is 1.56. The lowest BCUT2D eigenvalue weighted by Gasteiger charge is -2.23. The molecule has 0 aliphatic heterocycles. The summed E-state index contributed by atoms with van der Waals surface area (Å²) in [5.74, 6) is -1.13. The van der Waals surface area contributed by atoms with E-state index in [1.165, 1.54) is 37.0 Å². The zero-order chi connectivity index (χ0) is 27.1. The van der Waals surface area contributed by atoms with Crippen LogP contribution in [0, 0.1) is 5.92 Å². The van der Waals surface area contributed by atoms with Crippen LogP contribution in [0.4, 0.5) is 5.13 Å². The fourth-order valence-corrected chi connectivity index (χ4v) is 7.84. The minimum Gasteiger partial charge on any atom is -0.481 e. The summed E-state index contributed by atoms with van der Waals surface area (Å²) in [6.45, 7) is 0.0619. The van der Waals surface area contributed by atoms with E-state index >= 15 is 0 Å². The van der Waals surface area contributed by atoms with E-state index in [4.69, 9.17) is 9.84 Å². The highest BCUT2D eigenvalue weighted by atomic mass is 32.2. The summed E-state index contributed by atoms with van der Waals surface area (Å²) in [6.07, 6.45) is 9.19. The van der Waals surface area contributed by atoms with Crippen LogP contribution in [-0.4, -0.2) is 61.5 Å². The van der Waals surface area contributed by atoms with Gasteiger partial charge in [-0.05, 0) is 55.7 Å². The lowest BCUT2D eigenvalue weighted by atomic mass is 9.87. The van der Waals surface area contributed by atoms with E-state index in [1.54, 1.807) is 23.5 Å². The number of hydrogen-bond acceptors (Lipinski definition) is 7. The molecule has 2 aliphatic carbocycles. The molecule has 11 heteroatoms. The Kier molecular flexibility index (Phi) is 9.91. The first-order valence-corrected chi connectivity index (χ1v) is 15.6. The number of sulfonamides is 1. The zero-order valence-corrected chi connectivity index (χ0v) is 23.5. The largest absolute Gasteiger partial charge is 0.481 e. The molecule has 0 unspecified atom stereocenters. The minimum absolute atomic E-state index is 0.0539. The molecule has 1 saturated carbocycles. The molecule has 1 atom stereocenters. The van der Waals surface area contributed by atoms with E-state index in [1.807, 2.05) is 0 Å². The van der Waals surface area contributed by atoms with Crippen LogP contribution in [0.2, 0.25) is 0 Å². The number of aryl methyl sites for hydroxylation is 2. The van der Waals surface area contributed by atoms with Crippen molar-refractivity contribution in [1.82, 2.24) is 9.29 Å². The van der Waals surface area contributed by atoms with Gasteiger partial charge in [0.2, 0.25) is 15.9 Å². The third-order valence-corrected chi connectivity index (χ3v) is 10.5. The monoisotopic (exact) mass is 563 g/mol. The maximum atomic E-state index is 13.5. The van der Waals surface area contributed by atoms with Gasteiger partial charge >= 0.3 is 5.97 Å². The van der Waals surface area contributed by atoms with Crippen LogP contribution in [0.15, 0.2) is 29.2 Å². The molecule has 0 saturated heterocycles. The van der Waals surface area contributed by atoms with E-state index in [0.29, 0.717) is 17.5 Å². The second-order valence-electron chi connectivity index (χ2n) is 10.1. The Morgan fingerprint density at radius 3 is 2.50 bits per heavy atom. The number of methoxy groups -OCH3 is 1. The smallest absolute Gasteiger partial charge is 0.304 e. The number of amides is 1. The SMILES string of the molecule is COCCN(CCC(=O)O)S(=O)(=O)c1ccc([C@@H](CC2CCCC2)C(=O)Nc2nc3c(s2)CCCC3)cc1. The standard InChI is InChI=1S/C27H37N3O6S2/c1-36-17-16-30(15-14-25(31)32)38(34,35)21-12-10-20(11-13-21)22(18-19-6-2-3-7-19)26(33)29-27-28-23-8-4-5-9-24(23)37-27/h10-13,19,22H,2-9,14-18H2,1H3,(H,31,32)(H,28,29,33)/t22-/m1/s1. The van der Waals surface area contributed by atoms with E-state index in [9.17, 15) is 18.0 Å². The molecule has 0 bridgehead atoms. The molecular formula is C27H37N3O6S2. The molecule has 1 fully saturated rings. The first-order chi connectivity index (χ1) is 18.3. The molecule has 38 heavy (non-hydrogen) atoms. The molecule has 0 spiro atoms. The van der Waals surface area contributed by atoms with Gasteiger partial charge in [-0.2, -0.15) is 4.31 Å². The van der Waals surface area contributed by atoms with E-state index < -0.39 is 21.9 Å². The predicted molar refractivity (Wildman–Crippen MR) is 146 cm³/mol. The molecular weight excluding hydrogens is 526 g/mol. The molecule has 1 aromatic heterocycles. The van der Waals surface area contributed by atoms with Gasteiger partial charge in [0.15, 0.2) is 5.13 Å². The van der Waals surface area contributed by atoms with Gasteiger partial charge in [-0.25, -0.2) is 13.4 Å². The van der Waals surface area contributed by atoms with Crippen LogP contribution in [0.3, 0.4) is 0 Å². The molecule has 0 radical (unpaired) electrons. The van der Waals surface area contributed by atoms with E-state index in [2.05, 4.69) is 10.3 Å². The minimum atomic E-state index is -3.92. The predicted octanol–water partition coefficient (Wildman–Crippen LogP) is 4.44. The van der Waals surface area contributed by atoms with Crippen molar-refractivity contribution in [2.45, 2.75) is 75.0 Å². The lowest BCUT2D eigenvalue weighted by molar-refractivity contribution is -0.137. The van der Waals surface area contributed by atoms with Crippen LogP contribution in [-0.2, 0) is 37.2 Å². The highest BCUT2D eigenvalue weighted by molar-refractivity contribution is 7.89. The second kappa shape index (κ2) is 13.1. The van der Waals surface area contributed by atoms with Gasteiger partial charge in [0, 0.05) is 25.1 Å². The van der Waals surface area contributed by atoms with Gasteiger partial charge in [0.05, 0.1) is 29.5 Å². The Balaban J connectivity index is 1.54. The summed E-state index contributed by atoms with van der Waals surface area (Å²) in [7, 11) is -2.46. The number of carbonyl (C=O) groups excluding carboxylic acids is 1. The van der Waals surface area contributed by atoms with Crippen LogP contribution in [0.1, 0.15) is 73.4 Å². The molecule has 1 heterocycles. The highest BCUT2D eigenvalue weighted by Gasteiger charge is 2.29. The number of rotatable bonds is 13. The number of fused-ring (bicyclic) bond motifs is 1. The van der Waals surface area contributed by atoms with Crippen molar-refractivity contribution in [2.24, 2.45) is 5.92 Å². The van der Waals surface area contributed by atoms with Crippen LogP contribution < -0.4 is 5.32 Å². The van der Waals surface area contributed by atoms with Gasteiger partial charge in [-0.3, -0.25) is 9.59 Å².